The van der Waals surface area contributed by atoms with Crippen LogP contribution in [0.1, 0.15) is 40.7 Å². The maximum Gasteiger partial charge on any atom is 0.339 e. The van der Waals surface area contributed by atoms with Crippen LogP contribution >= 0.6 is 0 Å². The number of fused-ring (bicyclic) bond motifs is 1. The van der Waals surface area contributed by atoms with Crippen molar-refractivity contribution in [2.45, 2.75) is 25.7 Å². The number of carbonyl (C=O) groups excluding carboxylic acids is 1. The summed E-state index contributed by atoms with van der Waals surface area (Å²) in [6.45, 7) is 1.40. The van der Waals surface area contributed by atoms with Crippen molar-refractivity contribution in [3.63, 3.8) is 0 Å². The molecule has 1 aromatic heterocycles. The lowest BCUT2D eigenvalue weighted by Gasteiger charge is -2.22. The molecule has 1 unspecified atom stereocenters. The highest BCUT2D eigenvalue weighted by molar-refractivity contribution is 5.87. The van der Waals surface area contributed by atoms with Gasteiger partial charge in [-0.25, -0.2) is 9.59 Å². The number of aromatic carboxylic acids is 1. The van der Waals surface area contributed by atoms with Crippen LogP contribution in [0, 0.1) is 0 Å². The molecule has 6 heteroatoms. The number of carboxylic acid groups (broad SMARTS) is 1. The molecule has 1 atom stereocenters. The molecule has 0 bridgehead atoms. The largest absolute Gasteiger partial charge is 0.872 e. The van der Waals surface area contributed by atoms with Crippen LogP contribution in [0.4, 0.5) is 0 Å². The maximum atomic E-state index is 12.9. The summed E-state index contributed by atoms with van der Waals surface area (Å²) in [6.07, 6.45) is 0.261. The van der Waals surface area contributed by atoms with Crippen molar-refractivity contribution >= 4 is 22.7 Å². The summed E-state index contributed by atoms with van der Waals surface area (Å²) in [7, 11) is 0. The zero-order chi connectivity index (χ0) is 19.6. The van der Waals surface area contributed by atoms with Gasteiger partial charge < -0.3 is 19.4 Å². The summed E-state index contributed by atoms with van der Waals surface area (Å²) < 4.78 is 5.28. The molecule has 1 N–H and O–H groups in total. The zero-order valence-corrected chi connectivity index (χ0v) is 14.6. The van der Waals surface area contributed by atoms with Gasteiger partial charge in [-0.05, 0) is 37.1 Å². The van der Waals surface area contributed by atoms with E-state index in [2.05, 4.69) is 0 Å². The van der Waals surface area contributed by atoms with Crippen molar-refractivity contribution in [1.82, 2.24) is 0 Å². The number of carbonyl (C=O) groups is 2. The summed E-state index contributed by atoms with van der Waals surface area (Å²) in [5.41, 5.74) is 0.275. The first-order valence-corrected chi connectivity index (χ1v) is 8.41. The first kappa shape index (κ1) is 18.4. The third kappa shape index (κ3) is 3.89. The fourth-order valence-corrected chi connectivity index (χ4v) is 3.18. The van der Waals surface area contributed by atoms with Gasteiger partial charge in [-0.1, -0.05) is 36.1 Å². The molecule has 0 amide bonds. The van der Waals surface area contributed by atoms with Gasteiger partial charge in [0.1, 0.15) is 11.4 Å². The predicted octanol–water partition coefficient (Wildman–Crippen LogP) is 2.87. The molecule has 0 saturated heterocycles. The van der Waals surface area contributed by atoms with Crippen LogP contribution in [0.3, 0.4) is 0 Å². The molecule has 0 aliphatic rings. The zero-order valence-electron chi connectivity index (χ0n) is 14.6. The molecule has 0 aliphatic heterocycles. The molecule has 3 aromatic rings. The SMILES string of the molecule is CC(=O)CC(Cc1ccc(C(=O)O)cc1)c1c([O-])c2ccccc2oc1=O. The van der Waals surface area contributed by atoms with Gasteiger partial charge in [0, 0.05) is 23.3 Å². The molecule has 138 valence electrons. The summed E-state index contributed by atoms with van der Waals surface area (Å²) in [5.74, 6) is -2.28. The van der Waals surface area contributed by atoms with Gasteiger partial charge in [-0.2, -0.15) is 0 Å². The first-order valence-electron chi connectivity index (χ1n) is 8.41. The Morgan fingerprint density at radius 3 is 2.41 bits per heavy atom. The Hall–Kier alpha value is -3.41. The van der Waals surface area contributed by atoms with E-state index in [1.54, 1.807) is 36.4 Å². The molecule has 0 aliphatic carbocycles. The molecule has 0 spiro atoms. The second-order valence-corrected chi connectivity index (χ2v) is 6.44. The van der Waals surface area contributed by atoms with Crippen LogP contribution in [0.25, 0.3) is 11.0 Å². The number of rotatable bonds is 6. The summed E-state index contributed by atoms with van der Waals surface area (Å²) in [5, 5.41) is 22.1. The standard InChI is InChI=1S/C21H18O6/c1-12(22)10-15(11-13-6-8-14(9-7-13)20(24)25)18-19(23)16-4-2-3-5-17(16)27-21(18)26/h2-9,15,23H,10-11H2,1H3,(H,24,25)/p-1. The fourth-order valence-electron chi connectivity index (χ4n) is 3.18. The molecule has 2 aromatic carbocycles. The average Bonchev–Trinajstić information content (AvgIpc) is 2.61. The third-order valence-corrected chi connectivity index (χ3v) is 4.42. The fraction of sp³-hybridized carbons (Fsp3) is 0.190. The van der Waals surface area contributed by atoms with Gasteiger partial charge in [0.25, 0.3) is 0 Å². The van der Waals surface area contributed by atoms with Crippen LogP contribution in [0.2, 0.25) is 0 Å². The minimum Gasteiger partial charge on any atom is -0.872 e. The highest BCUT2D eigenvalue weighted by atomic mass is 16.4. The number of benzene rings is 2. The second-order valence-electron chi connectivity index (χ2n) is 6.44. The minimum absolute atomic E-state index is 0.0129. The molecule has 1 heterocycles. The van der Waals surface area contributed by atoms with Gasteiger partial charge in [0.2, 0.25) is 0 Å². The minimum atomic E-state index is -1.04. The van der Waals surface area contributed by atoms with Crippen LogP contribution in [0.5, 0.6) is 5.75 Å². The molecule has 3 rings (SSSR count). The van der Waals surface area contributed by atoms with Crippen molar-refractivity contribution in [1.29, 1.82) is 0 Å². The van der Waals surface area contributed by atoms with Crippen LogP contribution in [-0.2, 0) is 11.2 Å². The third-order valence-electron chi connectivity index (χ3n) is 4.42. The molecule has 0 saturated carbocycles. The number of hydrogen-bond acceptors (Lipinski definition) is 5. The van der Waals surface area contributed by atoms with Gasteiger partial charge in [-0.15, -0.1) is 0 Å². The molecule has 6 nitrogen and oxygen atoms in total. The Bertz CT molecular complexity index is 1060. The number of carboxylic acids is 1. The molecule has 0 radical (unpaired) electrons. The monoisotopic (exact) mass is 365 g/mol. The van der Waals surface area contributed by atoms with Crippen LogP contribution in [0.15, 0.2) is 57.7 Å². The molecule has 27 heavy (non-hydrogen) atoms. The lowest BCUT2D eigenvalue weighted by molar-refractivity contribution is -0.267. The number of ketones is 1. The summed E-state index contributed by atoms with van der Waals surface area (Å²) >= 11 is 0. The van der Waals surface area contributed by atoms with E-state index >= 15 is 0 Å². The Balaban J connectivity index is 2.05. The van der Waals surface area contributed by atoms with Crippen LogP contribution < -0.4 is 10.7 Å². The Morgan fingerprint density at radius 1 is 1.11 bits per heavy atom. The van der Waals surface area contributed by atoms with E-state index in [-0.39, 0.29) is 35.3 Å². The topological polar surface area (TPSA) is 108 Å². The number of hydrogen-bond donors (Lipinski definition) is 1. The van der Waals surface area contributed by atoms with E-state index in [1.165, 1.54) is 19.1 Å². The van der Waals surface area contributed by atoms with E-state index in [4.69, 9.17) is 9.52 Å². The highest BCUT2D eigenvalue weighted by Crippen LogP contribution is 2.32. The van der Waals surface area contributed by atoms with Gasteiger partial charge in [0.15, 0.2) is 0 Å². The van der Waals surface area contributed by atoms with E-state index in [9.17, 15) is 19.5 Å². The molecule has 0 fully saturated rings. The second kappa shape index (κ2) is 7.45. The number of Topliss-reactive ketones (excluding diaryl/α,β-unsaturated/α-hetero) is 1. The van der Waals surface area contributed by atoms with E-state index < -0.39 is 23.3 Å². The molecular weight excluding hydrogens is 348 g/mol. The van der Waals surface area contributed by atoms with E-state index in [0.29, 0.717) is 5.39 Å². The smallest absolute Gasteiger partial charge is 0.339 e. The van der Waals surface area contributed by atoms with Crippen molar-refractivity contribution < 1.29 is 24.2 Å². The van der Waals surface area contributed by atoms with Crippen molar-refractivity contribution in [3.05, 3.63) is 75.6 Å². The molecular formula is C21H17O6-. The average molecular weight is 365 g/mol. The lowest BCUT2D eigenvalue weighted by Crippen LogP contribution is -2.20. The Kier molecular flexibility index (Phi) is 5.07. The van der Waals surface area contributed by atoms with E-state index in [1.807, 2.05) is 0 Å². The van der Waals surface area contributed by atoms with Crippen LogP contribution in [-0.4, -0.2) is 16.9 Å². The lowest BCUT2D eigenvalue weighted by atomic mass is 9.87. The van der Waals surface area contributed by atoms with E-state index in [0.717, 1.165) is 5.56 Å². The normalized spacial score (nSPS) is 12.0. The number of para-hydroxylation sites is 1. The Morgan fingerprint density at radius 2 is 1.78 bits per heavy atom. The van der Waals surface area contributed by atoms with Gasteiger partial charge >= 0.3 is 11.6 Å². The predicted molar refractivity (Wildman–Crippen MR) is 97.1 cm³/mol. The van der Waals surface area contributed by atoms with Crippen molar-refractivity contribution in [3.8, 4) is 5.75 Å². The summed E-state index contributed by atoms with van der Waals surface area (Å²) in [6, 6.07) is 12.6. The Labute approximate surface area is 154 Å². The van der Waals surface area contributed by atoms with Gasteiger partial charge in [-0.3, -0.25) is 0 Å². The highest BCUT2D eigenvalue weighted by Gasteiger charge is 2.21. The van der Waals surface area contributed by atoms with Crippen molar-refractivity contribution in [2.24, 2.45) is 0 Å². The van der Waals surface area contributed by atoms with Crippen molar-refractivity contribution in [2.75, 3.05) is 0 Å². The maximum absolute atomic E-state index is 12.9. The quantitative estimate of drug-likeness (QED) is 0.673. The summed E-state index contributed by atoms with van der Waals surface area (Å²) in [4.78, 5) is 35.2. The first-order chi connectivity index (χ1) is 12.9. The van der Waals surface area contributed by atoms with Gasteiger partial charge in [0.05, 0.1) is 5.56 Å².